The van der Waals surface area contributed by atoms with E-state index in [0.717, 1.165) is 36.0 Å². The fraction of sp³-hybridized carbons (Fsp3) is 0.200. The molecule has 1 aromatic heterocycles. The van der Waals surface area contributed by atoms with Gasteiger partial charge in [0.1, 0.15) is 11.6 Å². The molecule has 0 bridgehead atoms. The standard InChI is InChI=1S/C20H20N4O3/c1-25-16-4-2-3-14(11-16)7-9-21-19-8-10-22-20(24-19)23-15-5-6-17-18(12-15)27-13-26-17/h2-6,8,10-12H,7,9,13H2,1H3,(H2,21,22,23,24). The number of hydrogen-bond acceptors (Lipinski definition) is 7. The number of nitrogens with zero attached hydrogens (tertiary/aromatic N) is 2. The second-order valence-corrected chi connectivity index (χ2v) is 5.99. The maximum Gasteiger partial charge on any atom is 0.231 e. The summed E-state index contributed by atoms with van der Waals surface area (Å²) in [5.41, 5.74) is 2.04. The number of rotatable bonds is 7. The molecule has 3 aromatic rings. The zero-order valence-corrected chi connectivity index (χ0v) is 14.9. The van der Waals surface area contributed by atoms with Crippen LogP contribution in [0.15, 0.2) is 54.7 Å². The summed E-state index contributed by atoms with van der Waals surface area (Å²) in [6.07, 6.45) is 2.59. The van der Waals surface area contributed by atoms with E-state index < -0.39 is 0 Å². The van der Waals surface area contributed by atoms with Gasteiger partial charge in [-0.25, -0.2) is 4.98 Å². The third-order valence-corrected chi connectivity index (χ3v) is 4.14. The predicted octanol–water partition coefficient (Wildman–Crippen LogP) is 3.61. The quantitative estimate of drug-likeness (QED) is 0.663. The second kappa shape index (κ2) is 7.82. The molecule has 0 saturated carbocycles. The van der Waals surface area contributed by atoms with E-state index in [4.69, 9.17) is 14.2 Å². The van der Waals surface area contributed by atoms with Crippen LogP contribution in [0.4, 0.5) is 17.5 Å². The summed E-state index contributed by atoms with van der Waals surface area (Å²) in [6, 6.07) is 15.5. The Hall–Kier alpha value is -3.48. The largest absolute Gasteiger partial charge is 0.497 e. The lowest BCUT2D eigenvalue weighted by molar-refractivity contribution is 0.174. The topological polar surface area (TPSA) is 77.5 Å². The molecule has 0 saturated heterocycles. The predicted molar refractivity (Wildman–Crippen MR) is 103 cm³/mol. The molecule has 27 heavy (non-hydrogen) atoms. The van der Waals surface area contributed by atoms with Crippen LogP contribution in [0, 0.1) is 0 Å². The summed E-state index contributed by atoms with van der Waals surface area (Å²) in [7, 11) is 1.67. The van der Waals surface area contributed by atoms with Crippen LogP contribution in [0.1, 0.15) is 5.56 Å². The molecule has 0 fully saturated rings. The van der Waals surface area contributed by atoms with Crippen molar-refractivity contribution in [1.29, 1.82) is 0 Å². The fourth-order valence-corrected chi connectivity index (χ4v) is 2.78. The van der Waals surface area contributed by atoms with Crippen LogP contribution >= 0.6 is 0 Å². The maximum atomic E-state index is 5.39. The highest BCUT2D eigenvalue weighted by molar-refractivity contribution is 5.61. The summed E-state index contributed by atoms with van der Waals surface area (Å²) in [6.45, 7) is 1.01. The highest BCUT2D eigenvalue weighted by Crippen LogP contribution is 2.34. The Balaban J connectivity index is 1.36. The van der Waals surface area contributed by atoms with Crippen molar-refractivity contribution in [3.05, 3.63) is 60.3 Å². The van der Waals surface area contributed by atoms with Crippen molar-refractivity contribution >= 4 is 17.5 Å². The molecule has 0 radical (unpaired) electrons. The van der Waals surface area contributed by atoms with Gasteiger partial charge in [0.15, 0.2) is 11.5 Å². The molecule has 0 spiro atoms. The smallest absolute Gasteiger partial charge is 0.231 e. The molecule has 7 nitrogen and oxygen atoms in total. The molecule has 0 aliphatic carbocycles. The van der Waals surface area contributed by atoms with Crippen molar-refractivity contribution in [3.8, 4) is 17.2 Å². The highest BCUT2D eigenvalue weighted by Gasteiger charge is 2.13. The molecule has 2 N–H and O–H groups in total. The van der Waals surface area contributed by atoms with E-state index in [9.17, 15) is 0 Å². The highest BCUT2D eigenvalue weighted by atomic mass is 16.7. The lowest BCUT2D eigenvalue weighted by atomic mass is 10.1. The van der Waals surface area contributed by atoms with Crippen LogP contribution in [0.2, 0.25) is 0 Å². The lowest BCUT2D eigenvalue weighted by Gasteiger charge is -2.09. The van der Waals surface area contributed by atoms with Gasteiger partial charge in [0.05, 0.1) is 7.11 Å². The molecule has 138 valence electrons. The number of anilines is 3. The first-order chi connectivity index (χ1) is 13.3. The molecule has 0 atom stereocenters. The van der Waals surface area contributed by atoms with Gasteiger partial charge in [-0.3, -0.25) is 0 Å². The van der Waals surface area contributed by atoms with E-state index in [-0.39, 0.29) is 6.79 Å². The Morgan fingerprint density at radius 2 is 2.00 bits per heavy atom. The first-order valence-electron chi connectivity index (χ1n) is 8.67. The summed E-state index contributed by atoms with van der Waals surface area (Å²) < 4.78 is 16.0. The summed E-state index contributed by atoms with van der Waals surface area (Å²) in [5.74, 6) is 3.60. The van der Waals surface area contributed by atoms with Gasteiger partial charge in [0.2, 0.25) is 12.7 Å². The summed E-state index contributed by atoms with van der Waals surface area (Å²) >= 11 is 0. The summed E-state index contributed by atoms with van der Waals surface area (Å²) in [5, 5.41) is 6.50. The van der Waals surface area contributed by atoms with Crippen molar-refractivity contribution < 1.29 is 14.2 Å². The van der Waals surface area contributed by atoms with Crippen molar-refractivity contribution in [2.75, 3.05) is 31.1 Å². The number of fused-ring (bicyclic) bond motifs is 1. The van der Waals surface area contributed by atoms with Gasteiger partial charge in [0, 0.05) is 24.5 Å². The van der Waals surface area contributed by atoms with E-state index in [1.54, 1.807) is 13.3 Å². The molecule has 2 heterocycles. The molecular formula is C20H20N4O3. The van der Waals surface area contributed by atoms with E-state index in [1.807, 2.05) is 42.5 Å². The van der Waals surface area contributed by atoms with Crippen molar-refractivity contribution in [1.82, 2.24) is 9.97 Å². The van der Waals surface area contributed by atoms with E-state index >= 15 is 0 Å². The second-order valence-electron chi connectivity index (χ2n) is 5.99. The number of methoxy groups -OCH3 is 1. The first-order valence-corrected chi connectivity index (χ1v) is 8.67. The third kappa shape index (κ3) is 4.20. The van der Waals surface area contributed by atoms with Crippen LogP contribution in [0.3, 0.4) is 0 Å². The minimum atomic E-state index is 0.252. The third-order valence-electron chi connectivity index (χ3n) is 4.14. The van der Waals surface area contributed by atoms with Gasteiger partial charge in [0.25, 0.3) is 0 Å². The van der Waals surface area contributed by atoms with Crippen LogP contribution in [-0.4, -0.2) is 30.4 Å². The molecular weight excluding hydrogens is 344 g/mol. The Morgan fingerprint density at radius 3 is 2.93 bits per heavy atom. The van der Waals surface area contributed by atoms with Gasteiger partial charge in [-0.05, 0) is 42.3 Å². The molecule has 1 aliphatic heterocycles. The van der Waals surface area contributed by atoms with Crippen LogP contribution in [0.25, 0.3) is 0 Å². The average Bonchev–Trinajstić information content (AvgIpc) is 3.16. The van der Waals surface area contributed by atoms with Gasteiger partial charge in [-0.2, -0.15) is 4.98 Å². The van der Waals surface area contributed by atoms with Crippen molar-refractivity contribution in [3.63, 3.8) is 0 Å². The molecule has 2 aromatic carbocycles. The van der Waals surface area contributed by atoms with Gasteiger partial charge in [-0.1, -0.05) is 12.1 Å². The van der Waals surface area contributed by atoms with Crippen molar-refractivity contribution in [2.45, 2.75) is 6.42 Å². The molecule has 4 rings (SSSR count). The number of nitrogens with one attached hydrogen (secondary N) is 2. The monoisotopic (exact) mass is 364 g/mol. The molecule has 0 unspecified atom stereocenters. The fourth-order valence-electron chi connectivity index (χ4n) is 2.78. The van der Waals surface area contributed by atoms with Gasteiger partial charge >= 0.3 is 0 Å². The summed E-state index contributed by atoms with van der Waals surface area (Å²) in [4.78, 5) is 8.76. The zero-order valence-electron chi connectivity index (χ0n) is 14.9. The number of hydrogen-bond donors (Lipinski definition) is 2. The van der Waals surface area contributed by atoms with E-state index in [0.29, 0.717) is 11.7 Å². The van der Waals surface area contributed by atoms with Crippen molar-refractivity contribution in [2.24, 2.45) is 0 Å². The van der Waals surface area contributed by atoms with Gasteiger partial charge in [-0.15, -0.1) is 0 Å². The minimum Gasteiger partial charge on any atom is -0.497 e. The zero-order chi connectivity index (χ0) is 18.5. The Labute approximate surface area is 157 Å². The number of ether oxygens (including phenoxy) is 3. The first kappa shape index (κ1) is 17.0. The van der Waals surface area contributed by atoms with E-state index in [1.165, 1.54) is 5.56 Å². The molecule has 7 heteroatoms. The minimum absolute atomic E-state index is 0.252. The normalized spacial score (nSPS) is 11.9. The maximum absolute atomic E-state index is 5.39. The Kier molecular flexibility index (Phi) is 4.91. The number of aromatic nitrogens is 2. The molecule has 1 aliphatic rings. The van der Waals surface area contributed by atoms with Crippen LogP contribution in [-0.2, 0) is 6.42 Å². The van der Waals surface area contributed by atoms with Crippen LogP contribution < -0.4 is 24.8 Å². The van der Waals surface area contributed by atoms with E-state index in [2.05, 4.69) is 26.7 Å². The van der Waals surface area contributed by atoms with Gasteiger partial charge < -0.3 is 24.8 Å². The Bertz CT molecular complexity index is 933. The lowest BCUT2D eigenvalue weighted by Crippen LogP contribution is -2.07. The van der Waals surface area contributed by atoms with Crippen LogP contribution in [0.5, 0.6) is 17.2 Å². The SMILES string of the molecule is COc1cccc(CCNc2ccnc(Nc3ccc4c(c3)OCO4)n2)c1. The average molecular weight is 364 g/mol. The molecule has 0 amide bonds. The Morgan fingerprint density at radius 1 is 1.07 bits per heavy atom. The number of benzene rings is 2.